The number of aliphatic hydroxyl groups is 1. The average Bonchev–Trinajstić information content (AvgIpc) is 2.89. The number of nitrogens with zero attached hydrogens (tertiary/aromatic N) is 3. The molecule has 19 heavy (non-hydrogen) atoms. The quantitative estimate of drug-likeness (QED) is 0.882. The Labute approximate surface area is 117 Å². The van der Waals surface area contributed by atoms with E-state index in [1.807, 2.05) is 24.4 Å². The van der Waals surface area contributed by atoms with Gasteiger partial charge < -0.3 is 10.0 Å². The van der Waals surface area contributed by atoms with Gasteiger partial charge in [-0.05, 0) is 25.5 Å². The molecule has 0 aliphatic carbocycles. The van der Waals surface area contributed by atoms with Gasteiger partial charge in [0.15, 0.2) is 5.13 Å². The summed E-state index contributed by atoms with van der Waals surface area (Å²) < 4.78 is 0. The number of aryl methyl sites for hydroxylation is 1. The summed E-state index contributed by atoms with van der Waals surface area (Å²) in [4.78, 5) is 12.1. The summed E-state index contributed by atoms with van der Waals surface area (Å²) in [5, 5.41) is 10.3. The molecule has 2 aromatic heterocycles. The third-order valence-electron chi connectivity index (χ3n) is 2.98. The molecule has 0 aromatic carbocycles. The Morgan fingerprint density at radius 1 is 1.32 bits per heavy atom. The third-order valence-corrected chi connectivity index (χ3v) is 4.12. The molecule has 0 spiro atoms. The van der Waals surface area contributed by atoms with Crippen molar-refractivity contribution in [1.82, 2.24) is 9.97 Å². The van der Waals surface area contributed by atoms with Crippen LogP contribution in [0.25, 0.3) is 0 Å². The highest BCUT2D eigenvalue weighted by Crippen LogP contribution is 2.27. The molecule has 0 saturated carbocycles. The Morgan fingerprint density at radius 3 is 2.68 bits per heavy atom. The van der Waals surface area contributed by atoms with Gasteiger partial charge in [-0.1, -0.05) is 24.3 Å². The topological polar surface area (TPSA) is 49.2 Å². The molecule has 4 nitrogen and oxygen atoms in total. The summed E-state index contributed by atoms with van der Waals surface area (Å²) in [6.45, 7) is 5.86. The first-order valence-corrected chi connectivity index (χ1v) is 7.34. The Balaban J connectivity index is 2.19. The Bertz CT molecular complexity index is 491. The van der Waals surface area contributed by atoms with Gasteiger partial charge in [-0.25, -0.2) is 4.98 Å². The van der Waals surface area contributed by atoms with Crippen LogP contribution in [0.1, 0.15) is 30.1 Å². The van der Waals surface area contributed by atoms with Gasteiger partial charge in [0, 0.05) is 12.7 Å². The number of thiazole rings is 1. The maximum Gasteiger partial charge on any atom is 0.186 e. The van der Waals surface area contributed by atoms with Crippen LogP contribution in [-0.2, 0) is 19.6 Å². The van der Waals surface area contributed by atoms with Gasteiger partial charge in [-0.15, -0.1) is 0 Å². The molecule has 2 aromatic rings. The lowest BCUT2D eigenvalue weighted by atomic mass is 10.3. The van der Waals surface area contributed by atoms with Crippen LogP contribution in [0.2, 0.25) is 0 Å². The number of rotatable bonds is 6. The van der Waals surface area contributed by atoms with E-state index in [-0.39, 0.29) is 6.61 Å². The van der Waals surface area contributed by atoms with E-state index in [0.29, 0.717) is 0 Å². The van der Waals surface area contributed by atoms with Gasteiger partial charge in [0.05, 0.1) is 29.4 Å². The maximum atomic E-state index is 9.35. The van der Waals surface area contributed by atoms with Crippen LogP contribution in [0.5, 0.6) is 0 Å². The van der Waals surface area contributed by atoms with Crippen molar-refractivity contribution in [3.05, 3.63) is 40.7 Å². The van der Waals surface area contributed by atoms with Crippen molar-refractivity contribution < 1.29 is 5.11 Å². The van der Waals surface area contributed by atoms with Gasteiger partial charge >= 0.3 is 0 Å². The molecule has 0 unspecified atom stereocenters. The summed E-state index contributed by atoms with van der Waals surface area (Å²) >= 11 is 1.57. The Morgan fingerprint density at radius 2 is 2.16 bits per heavy atom. The number of pyridine rings is 1. The van der Waals surface area contributed by atoms with Crippen LogP contribution < -0.4 is 4.90 Å². The molecule has 0 aliphatic heterocycles. The summed E-state index contributed by atoms with van der Waals surface area (Å²) in [7, 11) is 0. The van der Waals surface area contributed by atoms with Crippen molar-refractivity contribution in [3.8, 4) is 0 Å². The van der Waals surface area contributed by atoms with E-state index in [1.54, 1.807) is 11.3 Å². The van der Waals surface area contributed by atoms with Crippen molar-refractivity contribution in [3.63, 3.8) is 0 Å². The lowest BCUT2D eigenvalue weighted by Crippen LogP contribution is -2.22. The standard InChI is InChI=1S/C14H19N3OS/c1-3-12-13(10-18)19-14(16-12)17(4-2)9-11-7-5-6-8-15-11/h5-8,18H,3-4,9-10H2,1-2H3. The molecule has 2 heterocycles. The number of anilines is 1. The first kappa shape index (κ1) is 14.0. The van der Waals surface area contributed by atoms with Crippen LogP contribution in [-0.4, -0.2) is 21.6 Å². The van der Waals surface area contributed by atoms with Gasteiger partial charge in [0.2, 0.25) is 0 Å². The van der Waals surface area contributed by atoms with Crippen LogP contribution in [0.3, 0.4) is 0 Å². The summed E-state index contributed by atoms with van der Waals surface area (Å²) in [6, 6.07) is 5.93. The normalized spacial score (nSPS) is 10.7. The molecular formula is C14H19N3OS. The minimum atomic E-state index is 0.0714. The molecule has 0 bridgehead atoms. The van der Waals surface area contributed by atoms with Crippen LogP contribution >= 0.6 is 11.3 Å². The fourth-order valence-corrected chi connectivity index (χ4v) is 2.98. The fraction of sp³-hybridized carbons (Fsp3) is 0.429. The zero-order valence-electron chi connectivity index (χ0n) is 11.3. The fourth-order valence-electron chi connectivity index (χ4n) is 1.91. The Kier molecular flexibility index (Phi) is 4.87. The van der Waals surface area contributed by atoms with E-state index in [0.717, 1.165) is 40.9 Å². The highest BCUT2D eigenvalue weighted by Gasteiger charge is 2.14. The molecule has 0 amide bonds. The van der Waals surface area contributed by atoms with E-state index >= 15 is 0 Å². The predicted octanol–water partition coefficient (Wildman–Crippen LogP) is 2.62. The largest absolute Gasteiger partial charge is 0.391 e. The van der Waals surface area contributed by atoms with Crippen molar-refractivity contribution in [2.75, 3.05) is 11.4 Å². The second-order valence-corrected chi connectivity index (χ2v) is 5.28. The molecule has 0 saturated heterocycles. The van der Waals surface area contributed by atoms with E-state index in [2.05, 4.69) is 28.7 Å². The first-order chi connectivity index (χ1) is 9.28. The zero-order chi connectivity index (χ0) is 13.7. The van der Waals surface area contributed by atoms with Crippen molar-refractivity contribution in [1.29, 1.82) is 0 Å². The molecule has 5 heteroatoms. The van der Waals surface area contributed by atoms with Crippen molar-refractivity contribution in [2.45, 2.75) is 33.4 Å². The van der Waals surface area contributed by atoms with E-state index < -0.39 is 0 Å². The van der Waals surface area contributed by atoms with E-state index in [4.69, 9.17) is 0 Å². The summed E-state index contributed by atoms with van der Waals surface area (Å²) in [5.41, 5.74) is 2.03. The van der Waals surface area contributed by atoms with E-state index in [1.165, 1.54) is 0 Å². The molecule has 0 atom stereocenters. The molecule has 102 valence electrons. The molecular weight excluding hydrogens is 258 g/mol. The number of hydrogen-bond acceptors (Lipinski definition) is 5. The molecule has 1 N–H and O–H groups in total. The number of aromatic nitrogens is 2. The molecule has 0 aliphatic rings. The highest BCUT2D eigenvalue weighted by molar-refractivity contribution is 7.15. The van der Waals surface area contributed by atoms with Crippen LogP contribution in [0.4, 0.5) is 5.13 Å². The van der Waals surface area contributed by atoms with Crippen LogP contribution in [0, 0.1) is 0 Å². The second-order valence-electron chi connectivity index (χ2n) is 4.21. The predicted molar refractivity (Wildman–Crippen MR) is 78.4 cm³/mol. The van der Waals surface area contributed by atoms with Gasteiger partial charge in [-0.3, -0.25) is 4.98 Å². The minimum absolute atomic E-state index is 0.0714. The zero-order valence-corrected chi connectivity index (χ0v) is 12.2. The molecule has 0 radical (unpaired) electrons. The lowest BCUT2D eigenvalue weighted by molar-refractivity contribution is 0.284. The summed E-state index contributed by atoms with van der Waals surface area (Å²) in [5.74, 6) is 0. The first-order valence-electron chi connectivity index (χ1n) is 6.52. The van der Waals surface area contributed by atoms with Crippen LogP contribution in [0.15, 0.2) is 24.4 Å². The number of aliphatic hydroxyl groups excluding tert-OH is 1. The molecule has 2 rings (SSSR count). The Hall–Kier alpha value is -1.46. The lowest BCUT2D eigenvalue weighted by Gasteiger charge is -2.19. The van der Waals surface area contributed by atoms with Gasteiger partial charge in [-0.2, -0.15) is 0 Å². The average molecular weight is 277 g/mol. The van der Waals surface area contributed by atoms with Gasteiger partial charge in [0.1, 0.15) is 0 Å². The highest BCUT2D eigenvalue weighted by atomic mass is 32.1. The van der Waals surface area contributed by atoms with Crippen molar-refractivity contribution >= 4 is 16.5 Å². The van der Waals surface area contributed by atoms with E-state index in [9.17, 15) is 5.11 Å². The third kappa shape index (κ3) is 3.30. The minimum Gasteiger partial charge on any atom is -0.391 e. The smallest absolute Gasteiger partial charge is 0.186 e. The van der Waals surface area contributed by atoms with Crippen molar-refractivity contribution in [2.24, 2.45) is 0 Å². The molecule has 0 fully saturated rings. The second kappa shape index (κ2) is 6.63. The van der Waals surface area contributed by atoms with Gasteiger partial charge in [0.25, 0.3) is 0 Å². The number of hydrogen-bond donors (Lipinski definition) is 1. The SMILES string of the molecule is CCc1nc(N(CC)Cc2ccccn2)sc1CO. The monoisotopic (exact) mass is 277 g/mol. The maximum absolute atomic E-state index is 9.35. The summed E-state index contributed by atoms with van der Waals surface area (Å²) in [6.07, 6.45) is 2.66.